The van der Waals surface area contributed by atoms with Crippen LogP contribution in [0.4, 0.5) is 4.39 Å². The molecular weight excluding hydrogens is 305 g/mol. The van der Waals surface area contributed by atoms with E-state index in [0.29, 0.717) is 12.5 Å². The van der Waals surface area contributed by atoms with Crippen molar-refractivity contribution < 1.29 is 13.6 Å². The van der Waals surface area contributed by atoms with Gasteiger partial charge in [0.25, 0.3) is 11.1 Å². The van der Waals surface area contributed by atoms with Gasteiger partial charge in [-0.15, -0.1) is 10.2 Å². The minimum absolute atomic E-state index is 0.0868. The third kappa shape index (κ3) is 4.84. The lowest BCUT2D eigenvalue weighted by atomic mass is 10.1. The van der Waals surface area contributed by atoms with Crippen LogP contribution >= 0.6 is 11.8 Å². The molecule has 118 valence electrons. The molecule has 0 aliphatic rings. The van der Waals surface area contributed by atoms with Gasteiger partial charge >= 0.3 is 0 Å². The van der Waals surface area contributed by atoms with Gasteiger partial charge in [0.1, 0.15) is 5.82 Å². The first-order valence-electron chi connectivity index (χ1n) is 7.04. The second-order valence-electron chi connectivity index (χ2n) is 5.17. The number of carbonyl (C=O) groups is 1. The molecule has 2 aromatic rings. The van der Waals surface area contributed by atoms with Crippen LogP contribution in [0.3, 0.4) is 0 Å². The van der Waals surface area contributed by atoms with E-state index in [2.05, 4.69) is 29.4 Å². The van der Waals surface area contributed by atoms with E-state index in [1.165, 1.54) is 6.07 Å². The van der Waals surface area contributed by atoms with Gasteiger partial charge < -0.3 is 9.73 Å². The topological polar surface area (TPSA) is 68.0 Å². The van der Waals surface area contributed by atoms with Crippen molar-refractivity contribution in [2.75, 3.05) is 12.3 Å². The minimum atomic E-state index is -0.422. The van der Waals surface area contributed by atoms with Gasteiger partial charge in [-0.25, -0.2) is 4.39 Å². The minimum Gasteiger partial charge on any atom is -0.411 e. The number of nitrogens with one attached hydrogen (secondary N) is 1. The molecule has 1 N–H and O–H groups in total. The Morgan fingerprint density at radius 2 is 2.14 bits per heavy atom. The van der Waals surface area contributed by atoms with E-state index in [0.717, 1.165) is 18.2 Å². The van der Waals surface area contributed by atoms with Gasteiger partial charge in [-0.2, -0.15) is 0 Å². The van der Waals surface area contributed by atoms with Gasteiger partial charge in [0.2, 0.25) is 5.91 Å². The van der Waals surface area contributed by atoms with Crippen LogP contribution in [0.5, 0.6) is 0 Å². The standard InChI is InChI=1S/C15H18FN3O2S/c1-10(2)7-8-17-13(20)9-22-15-19-18-14(21-15)11-5-3-4-6-12(11)16/h3-6,10H,7-9H2,1-2H3,(H,17,20). The van der Waals surface area contributed by atoms with Crippen molar-refractivity contribution in [3.63, 3.8) is 0 Å². The highest BCUT2D eigenvalue weighted by atomic mass is 32.2. The largest absolute Gasteiger partial charge is 0.411 e. The van der Waals surface area contributed by atoms with Crippen LogP contribution in [0, 0.1) is 11.7 Å². The summed E-state index contributed by atoms with van der Waals surface area (Å²) >= 11 is 1.13. The Morgan fingerprint density at radius 1 is 1.36 bits per heavy atom. The molecule has 1 heterocycles. The Morgan fingerprint density at radius 3 is 2.86 bits per heavy atom. The Hall–Kier alpha value is -1.89. The summed E-state index contributed by atoms with van der Waals surface area (Å²) in [5.41, 5.74) is 0.253. The highest BCUT2D eigenvalue weighted by Crippen LogP contribution is 2.24. The zero-order valence-corrected chi connectivity index (χ0v) is 13.3. The van der Waals surface area contributed by atoms with E-state index in [4.69, 9.17) is 4.42 Å². The van der Waals surface area contributed by atoms with E-state index >= 15 is 0 Å². The number of amides is 1. The Balaban J connectivity index is 1.85. The first-order chi connectivity index (χ1) is 10.6. The molecule has 0 aliphatic carbocycles. The maximum Gasteiger partial charge on any atom is 0.277 e. The summed E-state index contributed by atoms with van der Waals surface area (Å²) in [6.07, 6.45) is 0.939. The van der Waals surface area contributed by atoms with Crippen molar-refractivity contribution >= 4 is 17.7 Å². The first-order valence-corrected chi connectivity index (χ1v) is 8.02. The van der Waals surface area contributed by atoms with Crippen LogP contribution in [0.25, 0.3) is 11.5 Å². The molecule has 0 radical (unpaired) electrons. The second-order valence-corrected chi connectivity index (χ2v) is 6.10. The maximum absolute atomic E-state index is 13.6. The molecule has 0 saturated heterocycles. The van der Waals surface area contributed by atoms with Crippen molar-refractivity contribution in [2.45, 2.75) is 25.5 Å². The summed E-state index contributed by atoms with van der Waals surface area (Å²) in [4.78, 5) is 11.6. The van der Waals surface area contributed by atoms with Crippen LogP contribution in [-0.2, 0) is 4.79 Å². The number of hydrogen-bond acceptors (Lipinski definition) is 5. The van der Waals surface area contributed by atoms with Crippen LogP contribution in [0.15, 0.2) is 33.9 Å². The fourth-order valence-electron chi connectivity index (χ4n) is 1.69. The highest BCUT2D eigenvalue weighted by molar-refractivity contribution is 7.99. The van der Waals surface area contributed by atoms with Gasteiger partial charge in [-0.05, 0) is 24.5 Å². The highest BCUT2D eigenvalue weighted by Gasteiger charge is 2.13. The van der Waals surface area contributed by atoms with Gasteiger partial charge in [-0.3, -0.25) is 4.79 Å². The molecule has 0 unspecified atom stereocenters. The second kappa shape index (κ2) is 7.93. The van der Waals surface area contributed by atoms with E-state index < -0.39 is 5.82 Å². The molecule has 0 saturated carbocycles. The average molecular weight is 323 g/mol. The van der Waals surface area contributed by atoms with Crippen molar-refractivity contribution in [2.24, 2.45) is 5.92 Å². The Bertz CT molecular complexity index is 631. The molecule has 0 aliphatic heterocycles. The molecule has 0 spiro atoms. The maximum atomic E-state index is 13.6. The predicted molar refractivity (Wildman–Crippen MR) is 82.9 cm³/mol. The zero-order chi connectivity index (χ0) is 15.9. The average Bonchev–Trinajstić information content (AvgIpc) is 2.94. The lowest BCUT2D eigenvalue weighted by Crippen LogP contribution is -2.26. The van der Waals surface area contributed by atoms with Gasteiger partial charge in [0.15, 0.2) is 0 Å². The quantitative estimate of drug-likeness (QED) is 0.793. The van der Waals surface area contributed by atoms with Crippen LogP contribution in [0.2, 0.25) is 0 Å². The number of halogens is 1. The summed E-state index contributed by atoms with van der Waals surface area (Å²) < 4.78 is 19.0. The Labute approximate surface area is 132 Å². The molecule has 0 atom stereocenters. The van der Waals surface area contributed by atoms with Crippen molar-refractivity contribution in [3.8, 4) is 11.5 Å². The molecule has 1 aromatic heterocycles. The van der Waals surface area contributed by atoms with Crippen LogP contribution in [-0.4, -0.2) is 28.4 Å². The van der Waals surface area contributed by atoms with E-state index in [-0.39, 0.29) is 28.3 Å². The molecule has 2 rings (SSSR count). The first kappa shape index (κ1) is 16.5. The molecule has 0 fully saturated rings. The molecule has 0 bridgehead atoms. The molecular formula is C15H18FN3O2S. The number of nitrogens with zero attached hydrogens (tertiary/aromatic N) is 2. The van der Waals surface area contributed by atoms with Crippen LogP contribution < -0.4 is 5.32 Å². The number of rotatable bonds is 7. The van der Waals surface area contributed by atoms with Crippen molar-refractivity contribution in [1.82, 2.24) is 15.5 Å². The monoisotopic (exact) mass is 323 g/mol. The van der Waals surface area contributed by atoms with E-state index in [9.17, 15) is 9.18 Å². The van der Waals surface area contributed by atoms with Crippen molar-refractivity contribution in [1.29, 1.82) is 0 Å². The number of hydrogen-bond donors (Lipinski definition) is 1. The molecule has 22 heavy (non-hydrogen) atoms. The molecule has 1 amide bonds. The third-order valence-electron chi connectivity index (χ3n) is 2.88. The summed E-state index contributed by atoms with van der Waals surface area (Å²) in [5, 5.41) is 10.7. The normalized spacial score (nSPS) is 10.9. The number of carbonyl (C=O) groups excluding carboxylic acids is 1. The Kier molecular flexibility index (Phi) is 5.94. The molecule has 5 nitrogen and oxygen atoms in total. The van der Waals surface area contributed by atoms with Gasteiger partial charge in [0, 0.05) is 6.54 Å². The fraction of sp³-hybridized carbons (Fsp3) is 0.400. The lowest BCUT2D eigenvalue weighted by Gasteiger charge is -2.05. The fourth-order valence-corrected chi connectivity index (χ4v) is 2.28. The van der Waals surface area contributed by atoms with Crippen molar-refractivity contribution in [3.05, 3.63) is 30.1 Å². The summed E-state index contributed by atoms with van der Waals surface area (Å²) in [6, 6.07) is 6.17. The molecule has 1 aromatic carbocycles. The summed E-state index contributed by atoms with van der Waals surface area (Å²) in [7, 11) is 0. The van der Waals surface area contributed by atoms with Crippen LogP contribution in [0.1, 0.15) is 20.3 Å². The third-order valence-corrected chi connectivity index (χ3v) is 3.70. The van der Waals surface area contributed by atoms with Gasteiger partial charge in [-0.1, -0.05) is 37.7 Å². The lowest BCUT2D eigenvalue weighted by molar-refractivity contribution is -0.118. The van der Waals surface area contributed by atoms with Gasteiger partial charge in [0.05, 0.1) is 11.3 Å². The number of benzene rings is 1. The summed E-state index contributed by atoms with van der Waals surface area (Å²) in [5.74, 6) is 0.343. The molecule has 7 heteroatoms. The number of aromatic nitrogens is 2. The zero-order valence-electron chi connectivity index (χ0n) is 12.5. The smallest absolute Gasteiger partial charge is 0.277 e. The number of thioether (sulfide) groups is 1. The summed E-state index contributed by atoms with van der Waals surface area (Å²) in [6.45, 7) is 4.86. The van der Waals surface area contributed by atoms with E-state index in [1.807, 2.05) is 0 Å². The SMILES string of the molecule is CC(C)CCNC(=O)CSc1nnc(-c2ccccc2F)o1. The predicted octanol–water partition coefficient (Wildman–Crippen LogP) is 3.13. The van der Waals surface area contributed by atoms with E-state index in [1.54, 1.807) is 18.2 Å².